The summed E-state index contributed by atoms with van der Waals surface area (Å²) in [5, 5.41) is 9.90. The van der Waals surface area contributed by atoms with Gasteiger partial charge in [0.1, 0.15) is 0 Å². The molecule has 0 bridgehead atoms. The first-order valence-corrected chi connectivity index (χ1v) is 3.25. The zero-order valence-electron chi connectivity index (χ0n) is 4.80. The van der Waals surface area contributed by atoms with Gasteiger partial charge in [0.25, 0.3) is 4.95 Å². The van der Waals surface area contributed by atoms with E-state index in [9.17, 15) is 10.1 Å². The van der Waals surface area contributed by atoms with Gasteiger partial charge in [-0.2, -0.15) is 0 Å². The van der Waals surface area contributed by atoms with E-state index in [2.05, 4.69) is 15.9 Å². The first kappa shape index (κ1) is 7.88. The van der Waals surface area contributed by atoms with E-state index in [4.69, 9.17) is 0 Å². The molecular formula is C4H8BrNO2. The Morgan fingerprint density at radius 3 is 2.00 bits per heavy atom. The third kappa shape index (κ3) is 2.26. The Balaban J connectivity index is 3.64. The van der Waals surface area contributed by atoms with Crippen LogP contribution in [0.3, 0.4) is 0 Å². The Labute approximate surface area is 56.4 Å². The van der Waals surface area contributed by atoms with Crippen molar-refractivity contribution in [3.05, 3.63) is 10.1 Å². The van der Waals surface area contributed by atoms with Crippen LogP contribution < -0.4 is 0 Å². The monoisotopic (exact) mass is 181 g/mol. The quantitative estimate of drug-likeness (QED) is 0.282. The van der Waals surface area contributed by atoms with Crippen molar-refractivity contribution < 1.29 is 4.92 Å². The molecule has 0 aromatic rings. The lowest BCUT2D eigenvalue weighted by Crippen LogP contribution is -2.17. The molecule has 0 aromatic heterocycles. The maximum absolute atomic E-state index is 9.90. The molecule has 1 atom stereocenters. The highest BCUT2D eigenvalue weighted by molar-refractivity contribution is 9.09. The van der Waals surface area contributed by atoms with Crippen LogP contribution in [0.4, 0.5) is 0 Å². The van der Waals surface area contributed by atoms with Gasteiger partial charge in [-0.3, -0.25) is 10.1 Å². The first-order chi connectivity index (χ1) is 3.55. The van der Waals surface area contributed by atoms with Crippen molar-refractivity contribution in [1.82, 2.24) is 0 Å². The van der Waals surface area contributed by atoms with Crippen LogP contribution in [0.15, 0.2) is 0 Å². The van der Waals surface area contributed by atoms with Gasteiger partial charge in [0.2, 0.25) is 0 Å². The molecule has 48 valence electrons. The van der Waals surface area contributed by atoms with Crippen LogP contribution in [0, 0.1) is 16.0 Å². The van der Waals surface area contributed by atoms with Crippen LogP contribution in [0.5, 0.6) is 0 Å². The molecule has 0 rings (SSSR count). The Morgan fingerprint density at radius 1 is 1.62 bits per heavy atom. The Bertz CT molecular complexity index is 94.0. The van der Waals surface area contributed by atoms with Crippen LogP contribution >= 0.6 is 15.9 Å². The zero-order chi connectivity index (χ0) is 6.73. The highest BCUT2D eigenvalue weighted by Gasteiger charge is 2.18. The Morgan fingerprint density at radius 2 is 2.00 bits per heavy atom. The predicted octanol–water partition coefficient (Wildman–Crippen LogP) is 1.64. The normalized spacial score (nSPS) is 14.0. The highest BCUT2D eigenvalue weighted by Crippen LogP contribution is 2.10. The van der Waals surface area contributed by atoms with E-state index in [1.165, 1.54) is 0 Å². The second-order valence-electron chi connectivity index (χ2n) is 1.90. The summed E-state index contributed by atoms with van der Waals surface area (Å²) < 4.78 is 0. The van der Waals surface area contributed by atoms with Gasteiger partial charge in [0.15, 0.2) is 0 Å². The van der Waals surface area contributed by atoms with Gasteiger partial charge in [-0.25, -0.2) is 0 Å². The van der Waals surface area contributed by atoms with Gasteiger partial charge in [0, 0.05) is 10.8 Å². The summed E-state index contributed by atoms with van der Waals surface area (Å²) in [6.07, 6.45) is 0. The van der Waals surface area contributed by atoms with Gasteiger partial charge >= 0.3 is 0 Å². The summed E-state index contributed by atoms with van der Waals surface area (Å²) in [7, 11) is 0. The van der Waals surface area contributed by atoms with Gasteiger partial charge in [0.05, 0.1) is 0 Å². The maximum atomic E-state index is 9.90. The molecular weight excluding hydrogens is 174 g/mol. The number of hydrogen-bond donors (Lipinski definition) is 0. The lowest BCUT2D eigenvalue weighted by atomic mass is 10.2. The van der Waals surface area contributed by atoms with Crippen molar-refractivity contribution in [2.45, 2.75) is 18.8 Å². The molecule has 0 aromatic carbocycles. The molecule has 4 heteroatoms. The average molecular weight is 182 g/mol. The molecule has 0 aliphatic carbocycles. The third-order valence-electron chi connectivity index (χ3n) is 0.752. The zero-order valence-corrected chi connectivity index (χ0v) is 6.38. The maximum Gasteiger partial charge on any atom is 0.268 e. The largest absolute Gasteiger partial charge is 0.268 e. The van der Waals surface area contributed by atoms with Gasteiger partial charge in [-0.15, -0.1) is 0 Å². The smallest absolute Gasteiger partial charge is 0.263 e. The number of nitrogens with zero attached hydrogens (tertiary/aromatic N) is 1. The van der Waals surface area contributed by atoms with Crippen LogP contribution in [0.25, 0.3) is 0 Å². The minimum Gasteiger partial charge on any atom is -0.263 e. The van der Waals surface area contributed by atoms with E-state index in [0.29, 0.717) is 0 Å². The van der Waals surface area contributed by atoms with E-state index in [-0.39, 0.29) is 10.8 Å². The third-order valence-corrected chi connectivity index (χ3v) is 2.14. The molecule has 0 radical (unpaired) electrons. The van der Waals surface area contributed by atoms with E-state index in [1.807, 2.05) is 0 Å². The minimum absolute atomic E-state index is 0.0602. The van der Waals surface area contributed by atoms with E-state index in [0.717, 1.165) is 0 Å². The highest BCUT2D eigenvalue weighted by atomic mass is 79.9. The number of hydrogen-bond acceptors (Lipinski definition) is 2. The fourth-order valence-electron chi connectivity index (χ4n) is 0.243. The number of alkyl halides is 1. The summed E-state index contributed by atoms with van der Waals surface area (Å²) >= 11 is 2.91. The number of nitro groups is 1. The van der Waals surface area contributed by atoms with Gasteiger partial charge in [-0.05, 0) is 15.9 Å². The van der Waals surface area contributed by atoms with Gasteiger partial charge < -0.3 is 0 Å². The summed E-state index contributed by atoms with van der Waals surface area (Å²) in [5.41, 5.74) is 0. The molecule has 0 N–H and O–H groups in total. The second kappa shape index (κ2) is 3.02. The molecule has 3 nitrogen and oxygen atoms in total. The predicted molar refractivity (Wildman–Crippen MR) is 34.5 cm³/mol. The standard InChI is InChI=1S/C4H8BrNO2/c1-3(2)4(5)6(7)8/h3-4H,1-2H3. The minimum atomic E-state index is -0.595. The Kier molecular flexibility index (Phi) is 2.97. The SMILES string of the molecule is CC(C)C(Br)[N+](=O)[O-]. The fraction of sp³-hybridized carbons (Fsp3) is 1.00. The summed E-state index contributed by atoms with van der Waals surface area (Å²) in [5.74, 6) is 0.0602. The molecule has 8 heavy (non-hydrogen) atoms. The van der Waals surface area contributed by atoms with E-state index in [1.54, 1.807) is 13.8 Å². The van der Waals surface area contributed by atoms with Crippen molar-refractivity contribution in [2.24, 2.45) is 5.92 Å². The molecule has 0 heterocycles. The summed E-state index contributed by atoms with van der Waals surface area (Å²) in [6.45, 7) is 3.59. The van der Waals surface area contributed by atoms with Crippen LogP contribution in [-0.4, -0.2) is 9.87 Å². The Hall–Kier alpha value is -0.120. The lowest BCUT2D eigenvalue weighted by Gasteiger charge is -2.02. The van der Waals surface area contributed by atoms with Crippen LogP contribution in [0.2, 0.25) is 0 Å². The van der Waals surface area contributed by atoms with Crippen molar-refractivity contribution in [3.63, 3.8) is 0 Å². The molecule has 0 saturated carbocycles. The lowest BCUT2D eigenvalue weighted by molar-refractivity contribution is -0.500. The van der Waals surface area contributed by atoms with Crippen LogP contribution in [-0.2, 0) is 0 Å². The summed E-state index contributed by atoms with van der Waals surface area (Å²) in [6, 6.07) is 0. The molecule has 0 saturated heterocycles. The van der Waals surface area contributed by atoms with Crippen molar-refractivity contribution >= 4 is 15.9 Å². The molecule has 0 aliphatic heterocycles. The average Bonchev–Trinajstić information content (AvgIpc) is 1.64. The van der Waals surface area contributed by atoms with Gasteiger partial charge in [-0.1, -0.05) is 13.8 Å². The summed E-state index contributed by atoms with van der Waals surface area (Å²) in [4.78, 5) is 8.96. The molecule has 0 aliphatic rings. The molecule has 0 fully saturated rings. The molecule has 0 spiro atoms. The molecule has 0 amide bonds. The van der Waals surface area contributed by atoms with E-state index < -0.39 is 4.95 Å². The first-order valence-electron chi connectivity index (χ1n) is 2.33. The van der Waals surface area contributed by atoms with Crippen molar-refractivity contribution in [3.8, 4) is 0 Å². The number of halogens is 1. The second-order valence-corrected chi connectivity index (χ2v) is 2.84. The molecule has 1 unspecified atom stereocenters. The van der Waals surface area contributed by atoms with Crippen LogP contribution in [0.1, 0.15) is 13.8 Å². The van der Waals surface area contributed by atoms with E-state index >= 15 is 0 Å². The topological polar surface area (TPSA) is 43.1 Å². The van der Waals surface area contributed by atoms with Crippen molar-refractivity contribution in [2.75, 3.05) is 0 Å². The van der Waals surface area contributed by atoms with Crippen molar-refractivity contribution in [1.29, 1.82) is 0 Å². The number of rotatable bonds is 2. The fourth-order valence-corrected chi connectivity index (χ4v) is 0.243.